The lowest BCUT2D eigenvalue weighted by Gasteiger charge is -2.26. The second kappa shape index (κ2) is 9.78. The molecule has 0 aliphatic heterocycles. The summed E-state index contributed by atoms with van der Waals surface area (Å²) in [4.78, 5) is 24.5. The van der Waals surface area contributed by atoms with Gasteiger partial charge in [-0.2, -0.15) is 0 Å². The maximum Gasteiger partial charge on any atom is 0.251 e. The Balaban J connectivity index is 0.00000312. The number of amides is 2. The summed E-state index contributed by atoms with van der Waals surface area (Å²) in [5.41, 5.74) is 8.23. The third-order valence-electron chi connectivity index (χ3n) is 4.50. The molecule has 2 unspecified atom stereocenters. The van der Waals surface area contributed by atoms with E-state index in [4.69, 9.17) is 5.73 Å². The molecule has 2 atom stereocenters. The van der Waals surface area contributed by atoms with Gasteiger partial charge in [0.1, 0.15) is 0 Å². The van der Waals surface area contributed by atoms with Crippen molar-refractivity contribution in [2.24, 2.45) is 17.6 Å². The molecule has 4 N–H and O–H groups in total. The summed E-state index contributed by atoms with van der Waals surface area (Å²) in [5, 5.41) is 5.89. The molecule has 0 bridgehead atoms. The van der Waals surface area contributed by atoms with Gasteiger partial charge in [-0.3, -0.25) is 9.59 Å². The van der Waals surface area contributed by atoms with Crippen molar-refractivity contribution >= 4 is 29.9 Å². The highest BCUT2D eigenvalue weighted by atomic mass is 35.5. The number of nitrogens with two attached hydrogens (primary N) is 1. The highest BCUT2D eigenvalue weighted by molar-refractivity contribution is 5.97. The van der Waals surface area contributed by atoms with E-state index in [2.05, 4.69) is 24.5 Å². The van der Waals surface area contributed by atoms with Gasteiger partial charge in [-0.1, -0.05) is 20.3 Å². The van der Waals surface area contributed by atoms with Gasteiger partial charge < -0.3 is 16.4 Å². The normalized spacial score (nSPS) is 19.9. The minimum Gasteiger partial charge on any atom is -0.352 e. The molecule has 140 valence electrons. The molecule has 6 heteroatoms. The number of carbonyl (C=O) groups excluding carboxylic acids is 2. The van der Waals surface area contributed by atoms with Gasteiger partial charge in [0.25, 0.3) is 5.91 Å². The fourth-order valence-corrected chi connectivity index (χ4v) is 3.04. The van der Waals surface area contributed by atoms with Gasteiger partial charge in [0.2, 0.25) is 5.91 Å². The van der Waals surface area contributed by atoms with E-state index >= 15 is 0 Å². The van der Waals surface area contributed by atoms with Gasteiger partial charge in [0.05, 0.1) is 0 Å². The summed E-state index contributed by atoms with van der Waals surface area (Å²) in [6.45, 7) is 6.67. The predicted octanol–water partition coefficient (Wildman–Crippen LogP) is 3.26. The first-order chi connectivity index (χ1) is 11.4. The zero-order chi connectivity index (χ0) is 17.7. The van der Waals surface area contributed by atoms with Gasteiger partial charge in [-0.25, -0.2) is 0 Å². The van der Waals surface area contributed by atoms with Crippen LogP contribution in [0.25, 0.3) is 0 Å². The van der Waals surface area contributed by atoms with Gasteiger partial charge in [-0.05, 0) is 55.9 Å². The Kier molecular flexibility index (Phi) is 8.39. The maximum absolute atomic E-state index is 12.4. The zero-order valence-corrected chi connectivity index (χ0v) is 16.1. The quantitative estimate of drug-likeness (QED) is 0.746. The molecular formula is C19H30ClN3O2. The average Bonchev–Trinajstić information content (AvgIpc) is 2.54. The number of rotatable bonds is 5. The predicted molar refractivity (Wildman–Crippen MR) is 104 cm³/mol. The van der Waals surface area contributed by atoms with Gasteiger partial charge in [0, 0.05) is 29.8 Å². The lowest BCUT2D eigenvalue weighted by molar-refractivity contribution is -0.120. The van der Waals surface area contributed by atoms with E-state index < -0.39 is 0 Å². The Morgan fingerprint density at radius 3 is 2.60 bits per heavy atom. The topological polar surface area (TPSA) is 84.2 Å². The Morgan fingerprint density at radius 1 is 1.28 bits per heavy atom. The van der Waals surface area contributed by atoms with Crippen molar-refractivity contribution in [3.05, 3.63) is 29.3 Å². The molecule has 0 radical (unpaired) electrons. The summed E-state index contributed by atoms with van der Waals surface area (Å²) >= 11 is 0. The molecule has 0 saturated heterocycles. The maximum atomic E-state index is 12.4. The lowest BCUT2D eigenvalue weighted by Crippen LogP contribution is -2.34. The number of hydrogen-bond acceptors (Lipinski definition) is 3. The van der Waals surface area contributed by atoms with E-state index in [9.17, 15) is 9.59 Å². The number of aryl methyl sites for hydroxylation is 1. The van der Waals surface area contributed by atoms with E-state index in [1.165, 1.54) is 0 Å². The summed E-state index contributed by atoms with van der Waals surface area (Å²) in [6, 6.07) is 5.51. The van der Waals surface area contributed by atoms with Crippen LogP contribution in [0.4, 0.5) is 5.69 Å². The van der Waals surface area contributed by atoms with Crippen LogP contribution in [0.3, 0.4) is 0 Å². The number of benzene rings is 1. The highest BCUT2D eigenvalue weighted by Gasteiger charge is 2.25. The van der Waals surface area contributed by atoms with E-state index in [0.29, 0.717) is 18.0 Å². The van der Waals surface area contributed by atoms with Crippen LogP contribution in [0.5, 0.6) is 0 Å². The minimum absolute atomic E-state index is 0. The van der Waals surface area contributed by atoms with Gasteiger partial charge >= 0.3 is 0 Å². The average molecular weight is 368 g/mol. The molecule has 0 heterocycles. The van der Waals surface area contributed by atoms with Crippen LogP contribution >= 0.6 is 12.4 Å². The largest absolute Gasteiger partial charge is 0.352 e. The zero-order valence-electron chi connectivity index (χ0n) is 15.3. The molecule has 1 fully saturated rings. The van der Waals surface area contributed by atoms with Crippen LogP contribution in [0.15, 0.2) is 18.2 Å². The molecule has 0 aromatic heterocycles. The van der Waals surface area contributed by atoms with Crippen molar-refractivity contribution in [2.45, 2.75) is 52.5 Å². The van der Waals surface area contributed by atoms with Crippen molar-refractivity contribution < 1.29 is 9.59 Å². The molecule has 2 rings (SSSR count). The van der Waals surface area contributed by atoms with Crippen molar-refractivity contribution in [2.75, 3.05) is 11.9 Å². The van der Waals surface area contributed by atoms with Gasteiger partial charge in [0.15, 0.2) is 0 Å². The molecule has 1 aromatic rings. The van der Waals surface area contributed by atoms with E-state index in [-0.39, 0.29) is 36.2 Å². The monoisotopic (exact) mass is 367 g/mol. The Labute approximate surface area is 156 Å². The summed E-state index contributed by atoms with van der Waals surface area (Å²) < 4.78 is 0. The third-order valence-corrected chi connectivity index (χ3v) is 4.50. The van der Waals surface area contributed by atoms with Crippen LogP contribution < -0.4 is 16.4 Å². The number of halogens is 1. The Morgan fingerprint density at radius 2 is 2.00 bits per heavy atom. The number of nitrogens with one attached hydrogen (secondary N) is 2. The van der Waals surface area contributed by atoms with E-state index in [1.54, 1.807) is 12.1 Å². The summed E-state index contributed by atoms with van der Waals surface area (Å²) in [6.07, 6.45) is 3.66. The molecule has 5 nitrogen and oxygen atoms in total. The smallest absolute Gasteiger partial charge is 0.251 e. The standard InChI is InChI=1S/C19H29N3O2.ClH/c1-12(2)11-21-18(23)15-7-8-17(13(3)9-15)22-19(24)14-5-4-6-16(20)10-14;/h7-9,12,14,16H,4-6,10-11,20H2,1-3H3,(H,21,23)(H,22,24);1H. The van der Waals surface area contributed by atoms with Crippen LogP contribution in [-0.2, 0) is 4.79 Å². The summed E-state index contributed by atoms with van der Waals surface area (Å²) in [7, 11) is 0. The SMILES string of the molecule is Cc1cc(C(=O)NCC(C)C)ccc1NC(=O)C1CCCC(N)C1.Cl. The molecule has 0 spiro atoms. The van der Waals surface area contributed by atoms with Crippen molar-refractivity contribution in [1.29, 1.82) is 0 Å². The first-order valence-electron chi connectivity index (χ1n) is 8.82. The summed E-state index contributed by atoms with van der Waals surface area (Å²) in [5.74, 6) is 0.353. The second-order valence-electron chi connectivity index (χ2n) is 7.25. The minimum atomic E-state index is -0.0806. The molecule has 2 amide bonds. The fraction of sp³-hybridized carbons (Fsp3) is 0.579. The van der Waals surface area contributed by atoms with Crippen LogP contribution in [0.1, 0.15) is 55.5 Å². The first-order valence-corrected chi connectivity index (χ1v) is 8.82. The first kappa shape index (κ1) is 21.5. The van der Waals surface area contributed by atoms with E-state index in [1.807, 2.05) is 13.0 Å². The Hall–Kier alpha value is -1.59. The third kappa shape index (κ3) is 6.33. The number of hydrogen-bond donors (Lipinski definition) is 3. The molecule has 25 heavy (non-hydrogen) atoms. The molecule has 1 aliphatic rings. The van der Waals surface area contributed by atoms with Crippen LogP contribution in [0, 0.1) is 18.8 Å². The van der Waals surface area contributed by atoms with Crippen LogP contribution in [0.2, 0.25) is 0 Å². The number of anilines is 1. The second-order valence-corrected chi connectivity index (χ2v) is 7.25. The molecule has 1 saturated carbocycles. The Bertz CT molecular complexity index is 604. The molecule has 1 aliphatic carbocycles. The van der Waals surface area contributed by atoms with Crippen molar-refractivity contribution in [3.8, 4) is 0 Å². The van der Waals surface area contributed by atoms with Crippen molar-refractivity contribution in [1.82, 2.24) is 5.32 Å². The van der Waals surface area contributed by atoms with E-state index in [0.717, 1.165) is 36.9 Å². The fourth-order valence-electron chi connectivity index (χ4n) is 3.04. The van der Waals surface area contributed by atoms with Crippen molar-refractivity contribution in [3.63, 3.8) is 0 Å². The number of carbonyl (C=O) groups is 2. The lowest BCUT2D eigenvalue weighted by atomic mass is 9.85. The van der Waals surface area contributed by atoms with Crippen LogP contribution in [-0.4, -0.2) is 24.4 Å². The molecular weight excluding hydrogens is 338 g/mol. The molecule has 1 aromatic carbocycles. The highest BCUT2D eigenvalue weighted by Crippen LogP contribution is 2.25. The van der Waals surface area contributed by atoms with Gasteiger partial charge in [-0.15, -0.1) is 12.4 Å².